The van der Waals surface area contributed by atoms with Crippen LogP contribution in [0.15, 0.2) is 24.3 Å². The van der Waals surface area contributed by atoms with Gasteiger partial charge in [0.1, 0.15) is 5.82 Å². The quantitative estimate of drug-likeness (QED) is 0.777. The molecule has 0 aliphatic carbocycles. The van der Waals surface area contributed by atoms with Gasteiger partial charge in [0.25, 0.3) is 0 Å². The Labute approximate surface area is 127 Å². The summed E-state index contributed by atoms with van der Waals surface area (Å²) in [5, 5.41) is 0. The largest absolute Gasteiger partial charge is 0.293 e. The Hall–Kier alpha value is -1.22. The van der Waals surface area contributed by atoms with Gasteiger partial charge in [-0.3, -0.25) is 9.69 Å². The molecule has 2 rings (SSSR count). The minimum atomic E-state index is -0.297. The summed E-state index contributed by atoms with van der Waals surface area (Å²) < 4.78 is 13.0. The number of rotatable bonds is 4. The van der Waals surface area contributed by atoms with E-state index < -0.39 is 0 Å². The lowest BCUT2D eigenvalue weighted by atomic mass is 9.89. The number of ketones is 1. The SMILES string of the molecule is CC(C)C1CCCN(C(C)C(=O)c2ccc(F)cc2)CC1. The highest BCUT2D eigenvalue weighted by molar-refractivity contribution is 5.99. The second-order valence-electron chi connectivity index (χ2n) is 6.52. The first-order valence-corrected chi connectivity index (χ1v) is 8.03. The van der Waals surface area contributed by atoms with Crippen LogP contribution in [0.3, 0.4) is 0 Å². The monoisotopic (exact) mass is 291 g/mol. The van der Waals surface area contributed by atoms with Crippen molar-refractivity contribution in [3.05, 3.63) is 35.6 Å². The molecule has 0 bridgehead atoms. The van der Waals surface area contributed by atoms with Crippen molar-refractivity contribution in [2.24, 2.45) is 11.8 Å². The topological polar surface area (TPSA) is 20.3 Å². The summed E-state index contributed by atoms with van der Waals surface area (Å²) in [5.74, 6) is 1.28. The maximum atomic E-state index is 13.0. The lowest BCUT2D eigenvalue weighted by Crippen LogP contribution is -2.39. The first-order valence-electron chi connectivity index (χ1n) is 8.03. The molecular formula is C18H26FNO. The molecule has 1 saturated heterocycles. The van der Waals surface area contributed by atoms with E-state index in [1.165, 1.54) is 25.0 Å². The second-order valence-corrected chi connectivity index (χ2v) is 6.52. The maximum Gasteiger partial charge on any atom is 0.179 e. The van der Waals surface area contributed by atoms with Gasteiger partial charge in [-0.15, -0.1) is 0 Å². The summed E-state index contributed by atoms with van der Waals surface area (Å²) in [6.45, 7) is 8.51. The molecule has 1 fully saturated rings. The number of carbonyl (C=O) groups excluding carboxylic acids is 1. The minimum Gasteiger partial charge on any atom is -0.293 e. The van der Waals surface area contributed by atoms with E-state index in [0.717, 1.165) is 25.4 Å². The van der Waals surface area contributed by atoms with Gasteiger partial charge in [0, 0.05) is 5.56 Å². The molecule has 116 valence electrons. The highest BCUT2D eigenvalue weighted by Gasteiger charge is 2.26. The zero-order valence-corrected chi connectivity index (χ0v) is 13.3. The van der Waals surface area contributed by atoms with Crippen LogP contribution >= 0.6 is 0 Å². The fourth-order valence-corrected chi connectivity index (χ4v) is 3.22. The van der Waals surface area contributed by atoms with E-state index in [0.29, 0.717) is 11.5 Å². The van der Waals surface area contributed by atoms with Crippen LogP contribution < -0.4 is 0 Å². The molecule has 2 nitrogen and oxygen atoms in total. The predicted octanol–water partition coefficient (Wildman–Crippen LogP) is 4.16. The Bertz CT molecular complexity index is 469. The first kappa shape index (κ1) is 16.2. The zero-order chi connectivity index (χ0) is 15.4. The summed E-state index contributed by atoms with van der Waals surface area (Å²) in [6.07, 6.45) is 3.58. The van der Waals surface area contributed by atoms with Crippen molar-refractivity contribution >= 4 is 5.78 Å². The molecule has 1 aliphatic rings. The molecule has 0 radical (unpaired) electrons. The number of hydrogen-bond acceptors (Lipinski definition) is 2. The van der Waals surface area contributed by atoms with Crippen molar-refractivity contribution in [1.29, 1.82) is 0 Å². The lowest BCUT2D eigenvalue weighted by Gasteiger charge is -2.27. The number of likely N-dealkylation sites (tertiary alicyclic amines) is 1. The molecule has 0 N–H and O–H groups in total. The predicted molar refractivity (Wildman–Crippen MR) is 83.9 cm³/mol. The molecule has 0 saturated carbocycles. The molecule has 1 aromatic carbocycles. The average Bonchev–Trinajstić information content (AvgIpc) is 2.72. The third kappa shape index (κ3) is 4.13. The number of halogens is 1. The van der Waals surface area contributed by atoms with Crippen LogP contribution in [0.5, 0.6) is 0 Å². The van der Waals surface area contributed by atoms with Crippen LogP contribution in [0.2, 0.25) is 0 Å². The minimum absolute atomic E-state index is 0.0954. The highest BCUT2D eigenvalue weighted by Crippen LogP contribution is 2.26. The number of benzene rings is 1. The molecule has 1 aliphatic heterocycles. The Kier molecular flexibility index (Phi) is 5.51. The average molecular weight is 291 g/mol. The summed E-state index contributed by atoms with van der Waals surface area (Å²) in [7, 11) is 0. The second kappa shape index (κ2) is 7.17. The van der Waals surface area contributed by atoms with E-state index in [4.69, 9.17) is 0 Å². The van der Waals surface area contributed by atoms with Crippen LogP contribution in [0, 0.1) is 17.7 Å². The van der Waals surface area contributed by atoms with Gasteiger partial charge in [-0.1, -0.05) is 13.8 Å². The van der Waals surface area contributed by atoms with Gasteiger partial charge < -0.3 is 0 Å². The molecule has 1 heterocycles. The highest BCUT2D eigenvalue weighted by atomic mass is 19.1. The van der Waals surface area contributed by atoms with E-state index in [9.17, 15) is 9.18 Å². The zero-order valence-electron chi connectivity index (χ0n) is 13.3. The van der Waals surface area contributed by atoms with Crippen molar-refractivity contribution < 1.29 is 9.18 Å². The smallest absolute Gasteiger partial charge is 0.179 e. The van der Waals surface area contributed by atoms with Crippen LogP contribution in [0.4, 0.5) is 4.39 Å². The molecule has 0 aromatic heterocycles. The van der Waals surface area contributed by atoms with Crippen molar-refractivity contribution in [3.63, 3.8) is 0 Å². The Morgan fingerprint density at radius 3 is 2.43 bits per heavy atom. The van der Waals surface area contributed by atoms with Gasteiger partial charge in [0.05, 0.1) is 6.04 Å². The lowest BCUT2D eigenvalue weighted by molar-refractivity contribution is 0.0840. The van der Waals surface area contributed by atoms with Crippen LogP contribution in [-0.2, 0) is 0 Å². The van der Waals surface area contributed by atoms with Crippen LogP contribution in [-0.4, -0.2) is 29.8 Å². The molecule has 0 amide bonds. The van der Waals surface area contributed by atoms with Crippen LogP contribution in [0.1, 0.15) is 50.4 Å². The first-order chi connectivity index (χ1) is 9.99. The number of carbonyl (C=O) groups is 1. The van der Waals surface area contributed by atoms with Crippen LogP contribution in [0.25, 0.3) is 0 Å². The molecule has 3 heteroatoms. The van der Waals surface area contributed by atoms with Gasteiger partial charge >= 0.3 is 0 Å². The van der Waals surface area contributed by atoms with Gasteiger partial charge in [-0.2, -0.15) is 0 Å². The van der Waals surface area contributed by atoms with Gasteiger partial charge in [0.2, 0.25) is 0 Å². The number of hydrogen-bond donors (Lipinski definition) is 0. The number of nitrogens with zero attached hydrogens (tertiary/aromatic N) is 1. The summed E-state index contributed by atoms with van der Waals surface area (Å²) in [5.41, 5.74) is 0.605. The van der Waals surface area contributed by atoms with E-state index in [1.54, 1.807) is 12.1 Å². The van der Waals surface area contributed by atoms with Gasteiger partial charge in [-0.25, -0.2) is 4.39 Å². The van der Waals surface area contributed by atoms with Crippen molar-refractivity contribution in [2.75, 3.05) is 13.1 Å². The Morgan fingerprint density at radius 2 is 1.81 bits per heavy atom. The molecule has 1 aromatic rings. The van der Waals surface area contributed by atoms with Crippen molar-refractivity contribution in [3.8, 4) is 0 Å². The fraction of sp³-hybridized carbons (Fsp3) is 0.611. The van der Waals surface area contributed by atoms with Gasteiger partial charge in [-0.05, 0) is 75.4 Å². The summed E-state index contributed by atoms with van der Waals surface area (Å²) in [4.78, 5) is 14.8. The Balaban J connectivity index is 2.00. The number of Topliss-reactive ketones (excluding diaryl/α,β-unsaturated/α-hetero) is 1. The molecule has 2 atom stereocenters. The van der Waals surface area contributed by atoms with E-state index in [2.05, 4.69) is 18.7 Å². The summed E-state index contributed by atoms with van der Waals surface area (Å²) in [6, 6.07) is 5.77. The maximum absolute atomic E-state index is 13.0. The normalized spacial score (nSPS) is 22.0. The van der Waals surface area contributed by atoms with Gasteiger partial charge in [0.15, 0.2) is 5.78 Å². The Morgan fingerprint density at radius 1 is 1.14 bits per heavy atom. The van der Waals surface area contributed by atoms with E-state index in [1.807, 2.05) is 6.92 Å². The molecule has 21 heavy (non-hydrogen) atoms. The third-order valence-corrected chi connectivity index (χ3v) is 4.81. The third-order valence-electron chi connectivity index (χ3n) is 4.81. The molecule has 2 unspecified atom stereocenters. The fourth-order valence-electron chi connectivity index (χ4n) is 3.22. The van der Waals surface area contributed by atoms with E-state index in [-0.39, 0.29) is 17.6 Å². The van der Waals surface area contributed by atoms with Crippen molar-refractivity contribution in [1.82, 2.24) is 4.90 Å². The molecule has 0 spiro atoms. The van der Waals surface area contributed by atoms with E-state index >= 15 is 0 Å². The standard InChI is InChI=1S/C18H26FNO/c1-13(2)15-5-4-11-20(12-10-15)14(3)18(21)16-6-8-17(19)9-7-16/h6-9,13-15H,4-5,10-12H2,1-3H3. The molecular weight excluding hydrogens is 265 g/mol. The summed E-state index contributed by atoms with van der Waals surface area (Å²) >= 11 is 0. The van der Waals surface area contributed by atoms with Crippen molar-refractivity contribution in [2.45, 2.75) is 46.1 Å².